The summed E-state index contributed by atoms with van der Waals surface area (Å²) in [6.45, 7) is 4.16. The highest BCUT2D eigenvalue weighted by Gasteiger charge is 2.41. The Morgan fingerprint density at radius 3 is 2.63 bits per heavy atom. The van der Waals surface area contributed by atoms with Crippen molar-refractivity contribution in [1.29, 1.82) is 0 Å². The fraction of sp³-hybridized carbons (Fsp3) is 0.346. The highest BCUT2D eigenvalue weighted by molar-refractivity contribution is 6.06. The molecule has 1 N–H and O–H groups in total. The van der Waals surface area contributed by atoms with Crippen LogP contribution in [0.1, 0.15) is 34.3 Å². The van der Waals surface area contributed by atoms with Crippen molar-refractivity contribution in [3.63, 3.8) is 0 Å². The molecule has 3 amide bonds. The van der Waals surface area contributed by atoms with E-state index in [9.17, 15) is 18.8 Å². The van der Waals surface area contributed by atoms with E-state index in [2.05, 4.69) is 37.8 Å². The number of piperazine rings is 1. The van der Waals surface area contributed by atoms with Gasteiger partial charge >= 0.3 is 0 Å². The van der Waals surface area contributed by atoms with Crippen LogP contribution < -0.4 is 10.2 Å². The first-order valence-electron chi connectivity index (χ1n) is 12.0. The molecule has 35 heavy (non-hydrogen) atoms. The second-order valence-electron chi connectivity index (χ2n) is 9.45. The summed E-state index contributed by atoms with van der Waals surface area (Å²) in [5, 5.41) is 2.31. The number of halogens is 1. The number of anilines is 1. The minimum absolute atomic E-state index is 0.191. The minimum Gasteiger partial charge on any atom is -0.369 e. The number of nitrogens with zero attached hydrogens (tertiary/aromatic N) is 4. The average molecular weight is 476 g/mol. The van der Waals surface area contributed by atoms with Gasteiger partial charge in [-0.05, 0) is 42.3 Å². The van der Waals surface area contributed by atoms with Crippen LogP contribution in [0.25, 0.3) is 5.52 Å². The summed E-state index contributed by atoms with van der Waals surface area (Å²) in [6, 6.07) is 10.4. The lowest BCUT2D eigenvalue weighted by Gasteiger charge is -2.37. The number of rotatable bonds is 4. The molecule has 5 heterocycles. The van der Waals surface area contributed by atoms with Gasteiger partial charge in [0.1, 0.15) is 11.9 Å². The molecule has 9 heteroatoms. The zero-order valence-electron chi connectivity index (χ0n) is 19.2. The van der Waals surface area contributed by atoms with Gasteiger partial charge < -0.3 is 14.2 Å². The summed E-state index contributed by atoms with van der Waals surface area (Å²) < 4.78 is 16.7. The Morgan fingerprint density at radius 1 is 1.00 bits per heavy atom. The van der Waals surface area contributed by atoms with Crippen LogP contribution in [-0.4, -0.2) is 64.1 Å². The molecule has 1 aromatic carbocycles. The van der Waals surface area contributed by atoms with Crippen molar-refractivity contribution < 1.29 is 18.8 Å². The van der Waals surface area contributed by atoms with E-state index < -0.39 is 17.8 Å². The van der Waals surface area contributed by atoms with Gasteiger partial charge in [0.2, 0.25) is 11.8 Å². The smallest absolute Gasteiger partial charge is 0.255 e. The van der Waals surface area contributed by atoms with Gasteiger partial charge in [0, 0.05) is 80.4 Å². The highest BCUT2D eigenvalue weighted by Crippen LogP contribution is 2.35. The molecule has 1 unspecified atom stereocenters. The van der Waals surface area contributed by atoms with Gasteiger partial charge in [-0.3, -0.25) is 24.6 Å². The molecule has 1 atom stereocenters. The van der Waals surface area contributed by atoms with Gasteiger partial charge in [-0.25, -0.2) is 4.39 Å². The Labute approximate surface area is 201 Å². The third kappa shape index (κ3) is 3.85. The van der Waals surface area contributed by atoms with Crippen LogP contribution in [0.4, 0.5) is 10.1 Å². The van der Waals surface area contributed by atoms with E-state index in [4.69, 9.17) is 0 Å². The largest absolute Gasteiger partial charge is 0.369 e. The molecular weight excluding hydrogens is 449 g/mol. The number of carbonyl (C=O) groups excluding carboxylic acids is 3. The number of fused-ring (bicyclic) bond motifs is 2. The van der Waals surface area contributed by atoms with E-state index in [1.54, 1.807) is 0 Å². The first kappa shape index (κ1) is 21.8. The molecule has 3 aliphatic heterocycles. The van der Waals surface area contributed by atoms with Crippen molar-refractivity contribution in [2.24, 2.45) is 0 Å². The normalized spacial score (nSPS) is 21.1. The molecular formula is C26H26FN5O3. The summed E-state index contributed by atoms with van der Waals surface area (Å²) >= 11 is 0. The van der Waals surface area contributed by atoms with Crippen LogP contribution in [0.15, 0.2) is 48.8 Å². The molecule has 0 aliphatic carbocycles. The fourth-order valence-corrected chi connectivity index (χ4v) is 5.53. The van der Waals surface area contributed by atoms with E-state index in [-0.39, 0.29) is 31.2 Å². The van der Waals surface area contributed by atoms with Crippen LogP contribution in [-0.2, 0) is 22.7 Å². The number of hydrogen-bond acceptors (Lipinski definition) is 5. The number of imide groups is 1. The van der Waals surface area contributed by atoms with E-state index in [1.165, 1.54) is 28.1 Å². The zero-order chi connectivity index (χ0) is 24.1. The number of pyridine rings is 1. The maximum Gasteiger partial charge on any atom is 0.255 e. The Bertz CT molecular complexity index is 1340. The predicted octanol–water partition coefficient (Wildman–Crippen LogP) is 2.16. The maximum atomic E-state index is 14.6. The maximum absolute atomic E-state index is 14.6. The molecule has 2 saturated heterocycles. The van der Waals surface area contributed by atoms with Crippen LogP contribution >= 0.6 is 0 Å². The van der Waals surface area contributed by atoms with Gasteiger partial charge in [0.25, 0.3) is 5.91 Å². The number of piperidine rings is 1. The van der Waals surface area contributed by atoms with Gasteiger partial charge in [-0.15, -0.1) is 0 Å². The quantitative estimate of drug-likeness (QED) is 0.586. The van der Waals surface area contributed by atoms with Gasteiger partial charge in [0.15, 0.2) is 0 Å². The zero-order valence-corrected chi connectivity index (χ0v) is 19.2. The number of hydrogen-bond donors (Lipinski definition) is 1. The van der Waals surface area contributed by atoms with Crippen LogP contribution in [0.2, 0.25) is 0 Å². The van der Waals surface area contributed by atoms with Crippen molar-refractivity contribution in [1.82, 2.24) is 19.5 Å². The Kier molecular flexibility index (Phi) is 5.29. The number of benzene rings is 1. The molecule has 0 saturated carbocycles. The van der Waals surface area contributed by atoms with Crippen LogP contribution in [0.3, 0.4) is 0 Å². The van der Waals surface area contributed by atoms with Crippen molar-refractivity contribution in [2.45, 2.75) is 32.0 Å². The van der Waals surface area contributed by atoms with Gasteiger partial charge in [0.05, 0.1) is 0 Å². The summed E-state index contributed by atoms with van der Waals surface area (Å²) in [6.07, 6.45) is 4.59. The fourth-order valence-electron chi connectivity index (χ4n) is 5.53. The third-order valence-corrected chi connectivity index (χ3v) is 7.36. The van der Waals surface area contributed by atoms with Crippen molar-refractivity contribution >= 4 is 28.9 Å². The lowest BCUT2D eigenvalue weighted by atomic mass is 10.0. The van der Waals surface area contributed by atoms with E-state index in [0.29, 0.717) is 18.7 Å². The molecule has 2 fully saturated rings. The molecule has 3 aliphatic rings. The van der Waals surface area contributed by atoms with Crippen molar-refractivity contribution in [3.05, 3.63) is 71.3 Å². The SMILES string of the molecule is O=C1CCC(N2Cc3c(cc(F)cc3N3CCN(Cc4ccn5ccccc45)CC3)C2=O)C(=O)N1. The van der Waals surface area contributed by atoms with E-state index >= 15 is 0 Å². The van der Waals surface area contributed by atoms with Crippen molar-refractivity contribution in [3.8, 4) is 0 Å². The average Bonchev–Trinajstić information content (AvgIpc) is 3.40. The van der Waals surface area contributed by atoms with E-state index in [1.807, 2.05) is 18.3 Å². The number of aromatic nitrogens is 1. The van der Waals surface area contributed by atoms with Gasteiger partial charge in [-0.2, -0.15) is 0 Å². The molecule has 8 nitrogen and oxygen atoms in total. The summed E-state index contributed by atoms with van der Waals surface area (Å²) in [5.74, 6) is -1.60. The summed E-state index contributed by atoms with van der Waals surface area (Å²) in [4.78, 5) is 43.0. The van der Waals surface area contributed by atoms with Gasteiger partial charge in [-0.1, -0.05) is 6.07 Å². The second kappa shape index (κ2) is 8.49. The molecule has 0 spiro atoms. The number of nitrogens with one attached hydrogen (secondary N) is 1. The molecule has 2 aromatic heterocycles. The van der Waals surface area contributed by atoms with E-state index in [0.717, 1.165) is 30.9 Å². The Morgan fingerprint density at radius 2 is 1.83 bits per heavy atom. The number of carbonyl (C=O) groups is 3. The molecule has 0 bridgehead atoms. The predicted molar refractivity (Wildman–Crippen MR) is 127 cm³/mol. The Balaban J connectivity index is 1.18. The third-order valence-electron chi connectivity index (χ3n) is 7.36. The topological polar surface area (TPSA) is 77.4 Å². The van der Waals surface area contributed by atoms with Crippen LogP contribution in [0, 0.1) is 5.82 Å². The highest BCUT2D eigenvalue weighted by atomic mass is 19.1. The molecule has 180 valence electrons. The first-order chi connectivity index (χ1) is 17.0. The van der Waals surface area contributed by atoms with Crippen LogP contribution in [0.5, 0.6) is 0 Å². The number of amides is 3. The summed E-state index contributed by atoms with van der Waals surface area (Å²) in [7, 11) is 0. The first-order valence-corrected chi connectivity index (χ1v) is 12.0. The summed E-state index contributed by atoms with van der Waals surface area (Å²) in [5.41, 5.74) is 4.26. The second-order valence-corrected chi connectivity index (χ2v) is 9.45. The lowest BCUT2D eigenvalue weighted by molar-refractivity contribution is -0.136. The Hall–Kier alpha value is -3.72. The van der Waals surface area contributed by atoms with Crippen molar-refractivity contribution in [2.75, 3.05) is 31.1 Å². The molecule has 3 aromatic rings. The monoisotopic (exact) mass is 475 g/mol. The lowest BCUT2D eigenvalue weighted by Crippen LogP contribution is -2.52. The standard InChI is InChI=1S/C26H26FN5O3/c27-18-13-19-20(16-32(26(19)35)22-4-5-24(33)28-25(22)34)23(14-18)31-11-9-29(10-12-31)15-17-6-8-30-7-2-1-3-21(17)30/h1-3,6-8,13-14,22H,4-5,9-12,15-16H2,(H,28,33,34). The molecule has 0 radical (unpaired) electrons. The minimum atomic E-state index is -0.711. The molecule has 6 rings (SSSR count).